The summed E-state index contributed by atoms with van der Waals surface area (Å²) < 4.78 is 0. The SMILES string of the molecule is CC(C(=O)NCCC(=O)NC(C)(C)C)C1CCCC(N)C1. The number of rotatable bonds is 5. The lowest BCUT2D eigenvalue weighted by Gasteiger charge is -2.30. The van der Waals surface area contributed by atoms with E-state index >= 15 is 0 Å². The van der Waals surface area contributed by atoms with Crippen LogP contribution in [-0.2, 0) is 9.59 Å². The van der Waals surface area contributed by atoms with Crippen molar-refractivity contribution in [1.29, 1.82) is 0 Å². The Morgan fingerprint density at radius 3 is 2.52 bits per heavy atom. The Morgan fingerprint density at radius 2 is 1.95 bits per heavy atom. The van der Waals surface area contributed by atoms with Crippen molar-refractivity contribution < 1.29 is 9.59 Å². The standard InChI is InChI=1S/C16H31N3O2/c1-11(12-6-5-7-13(17)10-12)15(21)18-9-8-14(20)19-16(2,3)4/h11-13H,5-10,17H2,1-4H3,(H,18,21)(H,19,20). The molecule has 4 N–H and O–H groups in total. The van der Waals surface area contributed by atoms with Gasteiger partial charge in [-0.1, -0.05) is 13.3 Å². The highest BCUT2D eigenvalue weighted by Gasteiger charge is 2.28. The first kappa shape index (κ1) is 18.0. The predicted molar refractivity (Wildman–Crippen MR) is 84.6 cm³/mol. The first-order valence-electron chi connectivity index (χ1n) is 8.03. The average Bonchev–Trinajstić information content (AvgIpc) is 2.35. The molecule has 21 heavy (non-hydrogen) atoms. The van der Waals surface area contributed by atoms with Crippen molar-refractivity contribution >= 4 is 11.8 Å². The van der Waals surface area contributed by atoms with Gasteiger partial charge in [0.1, 0.15) is 0 Å². The lowest BCUT2D eigenvalue weighted by molar-refractivity contribution is -0.126. The van der Waals surface area contributed by atoms with E-state index in [9.17, 15) is 9.59 Å². The first-order chi connectivity index (χ1) is 9.69. The second-order valence-corrected chi connectivity index (χ2v) is 7.31. The molecule has 3 unspecified atom stereocenters. The summed E-state index contributed by atoms with van der Waals surface area (Å²) in [5.41, 5.74) is 5.75. The lowest BCUT2D eigenvalue weighted by Crippen LogP contribution is -2.43. The van der Waals surface area contributed by atoms with Crippen LogP contribution in [0, 0.1) is 11.8 Å². The van der Waals surface area contributed by atoms with Crippen molar-refractivity contribution in [2.24, 2.45) is 17.6 Å². The summed E-state index contributed by atoms with van der Waals surface area (Å²) in [5, 5.41) is 5.76. The molecule has 0 spiro atoms. The maximum atomic E-state index is 12.1. The van der Waals surface area contributed by atoms with E-state index in [0.29, 0.717) is 18.9 Å². The van der Waals surface area contributed by atoms with Gasteiger partial charge in [0.15, 0.2) is 0 Å². The van der Waals surface area contributed by atoms with Crippen molar-refractivity contribution in [2.45, 2.75) is 71.4 Å². The summed E-state index contributed by atoms with van der Waals surface area (Å²) in [5.74, 6) is 0.354. The monoisotopic (exact) mass is 297 g/mol. The lowest BCUT2D eigenvalue weighted by atomic mass is 9.78. The fourth-order valence-electron chi connectivity index (χ4n) is 2.88. The van der Waals surface area contributed by atoms with Gasteiger partial charge in [0.25, 0.3) is 0 Å². The molecular formula is C16H31N3O2. The van der Waals surface area contributed by atoms with E-state index in [1.165, 1.54) is 0 Å². The minimum atomic E-state index is -0.230. The van der Waals surface area contributed by atoms with Gasteiger partial charge in [0.05, 0.1) is 0 Å². The van der Waals surface area contributed by atoms with Gasteiger partial charge in [-0.15, -0.1) is 0 Å². The Hall–Kier alpha value is -1.10. The quantitative estimate of drug-likeness (QED) is 0.720. The molecule has 0 saturated heterocycles. The Balaban J connectivity index is 2.28. The number of hydrogen-bond acceptors (Lipinski definition) is 3. The average molecular weight is 297 g/mol. The van der Waals surface area contributed by atoms with Gasteiger partial charge in [-0.3, -0.25) is 9.59 Å². The zero-order chi connectivity index (χ0) is 16.0. The van der Waals surface area contributed by atoms with Crippen LogP contribution in [0.2, 0.25) is 0 Å². The number of nitrogens with two attached hydrogens (primary N) is 1. The van der Waals surface area contributed by atoms with E-state index < -0.39 is 0 Å². The minimum absolute atomic E-state index is 0.0259. The van der Waals surface area contributed by atoms with Gasteiger partial charge >= 0.3 is 0 Å². The van der Waals surface area contributed by atoms with Gasteiger partial charge in [0, 0.05) is 30.5 Å². The molecule has 0 aliphatic heterocycles. The molecule has 2 amide bonds. The van der Waals surface area contributed by atoms with Crippen LogP contribution in [0.15, 0.2) is 0 Å². The smallest absolute Gasteiger partial charge is 0.223 e. The fraction of sp³-hybridized carbons (Fsp3) is 0.875. The summed E-state index contributed by atoms with van der Waals surface area (Å²) >= 11 is 0. The maximum absolute atomic E-state index is 12.1. The molecule has 1 fully saturated rings. The van der Waals surface area contributed by atoms with Crippen molar-refractivity contribution in [1.82, 2.24) is 10.6 Å². The second kappa shape index (κ2) is 7.78. The zero-order valence-electron chi connectivity index (χ0n) is 13.9. The molecule has 122 valence electrons. The van der Waals surface area contributed by atoms with E-state index in [-0.39, 0.29) is 29.3 Å². The van der Waals surface area contributed by atoms with Gasteiger partial charge in [-0.2, -0.15) is 0 Å². The highest BCUT2D eigenvalue weighted by Crippen LogP contribution is 2.29. The van der Waals surface area contributed by atoms with Gasteiger partial charge in [-0.05, 0) is 46.0 Å². The topological polar surface area (TPSA) is 84.2 Å². The maximum Gasteiger partial charge on any atom is 0.223 e. The van der Waals surface area contributed by atoms with Crippen molar-refractivity contribution in [3.05, 3.63) is 0 Å². The fourth-order valence-corrected chi connectivity index (χ4v) is 2.88. The number of amides is 2. The molecule has 0 heterocycles. The normalized spacial score (nSPS) is 24.2. The highest BCUT2D eigenvalue weighted by molar-refractivity contribution is 5.80. The summed E-state index contributed by atoms with van der Waals surface area (Å²) in [7, 11) is 0. The van der Waals surface area contributed by atoms with E-state index in [2.05, 4.69) is 10.6 Å². The third-order valence-corrected chi connectivity index (χ3v) is 4.04. The molecule has 1 saturated carbocycles. The van der Waals surface area contributed by atoms with E-state index in [0.717, 1.165) is 25.7 Å². The zero-order valence-corrected chi connectivity index (χ0v) is 13.9. The molecule has 5 heteroatoms. The molecule has 1 aliphatic carbocycles. The third kappa shape index (κ3) is 6.93. The van der Waals surface area contributed by atoms with E-state index in [4.69, 9.17) is 5.73 Å². The molecule has 1 rings (SSSR count). The molecule has 5 nitrogen and oxygen atoms in total. The molecule has 1 aliphatic rings. The molecule has 0 bridgehead atoms. The van der Waals surface area contributed by atoms with Crippen molar-refractivity contribution in [3.8, 4) is 0 Å². The van der Waals surface area contributed by atoms with Crippen molar-refractivity contribution in [3.63, 3.8) is 0 Å². The van der Waals surface area contributed by atoms with Gasteiger partial charge in [-0.25, -0.2) is 0 Å². The Kier molecular flexibility index (Phi) is 6.65. The first-order valence-corrected chi connectivity index (χ1v) is 8.03. The van der Waals surface area contributed by atoms with Gasteiger partial charge in [0.2, 0.25) is 11.8 Å². The number of nitrogens with one attached hydrogen (secondary N) is 2. The van der Waals surface area contributed by atoms with E-state index in [1.807, 2.05) is 27.7 Å². The number of carbonyl (C=O) groups is 2. The van der Waals surface area contributed by atoms with E-state index in [1.54, 1.807) is 0 Å². The van der Waals surface area contributed by atoms with Crippen LogP contribution < -0.4 is 16.4 Å². The number of carbonyl (C=O) groups excluding carboxylic acids is 2. The Morgan fingerprint density at radius 1 is 1.29 bits per heavy atom. The van der Waals surface area contributed by atoms with Crippen LogP contribution in [0.1, 0.15) is 59.8 Å². The van der Waals surface area contributed by atoms with Crippen LogP contribution >= 0.6 is 0 Å². The summed E-state index contributed by atoms with van der Waals surface area (Å²) in [6, 6.07) is 0.233. The summed E-state index contributed by atoms with van der Waals surface area (Å²) in [4.78, 5) is 23.8. The summed E-state index contributed by atoms with van der Waals surface area (Å²) in [6.45, 7) is 8.19. The minimum Gasteiger partial charge on any atom is -0.355 e. The highest BCUT2D eigenvalue weighted by atomic mass is 16.2. The van der Waals surface area contributed by atoms with Crippen LogP contribution in [-0.4, -0.2) is 29.9 Å². The van der Waals surface area contributed by atoms with Crippen molar-refractivity contribution in [2.75, 3.05) is 6.54 Å². The molecule has 0 aromatic rings. The number of hydrogen-bond donors (Lipinski definition) is 3. The molecule has 0 aromatic heterocycles. The molecule has 3 atom stereocenters. The predicted octanol–water partition coefficient (Wildman–Crippen LogP) is 1.56. The molecule has 0 aromatic carbocycles. The van der Waals surface area contributed by atoms with Crippen LogP contribution in [0.25, 0.3) is 0 Å². The Labute approximate surface area is 128 Å². The molecule has 0 radical (unpaired) electrons. The van der Waals surface area contributed by atoms with Crippen LogP contribution in [0.5, 0.6) is 0 Å². The summed E-state index contributed by atoms with van der Waals surface area (Å²) in [6.07, 6.45) is 4.50. The molecular weight excluding hydrogens is 266 g/mol. The van der Waals surface area contributed by atoms with Crippen LogP contribution in [0.4, 0.5) is 0 Å². The second-order valence-electron chi connectivity index (χ2n) is 7.31. The largest absolute Gasteiger partial charge is 0.355 e. The van der Waals surface area contributed by atoms with Gasteiger partial charge < -0.3 is 16.4 Å². The van der Waals surface area contributed by atoms with Crippen LogP contribution in [0.3, 0.4) is 0 Å². The third-order valence-electron chi connectivity index (χ3n) is 4.04. The Bertz CT molecular complexity index is 363.